The molecule has 2 aliphatic carbocycles. The maximum absolute atomic E-state index is 11.3. The van der Waals surface area contributed by atoms with E-state index in [2.05, 4.69) is 33.5 Å². The van der Waals surface area contributed by atoms with Gasteiger partial charge in [-0.3, -0.25) is 4.79 Å². The minimum atomic E-state index is -0.720. The summed E-state index contributed by atoms with van der Waals surface area (Å²) in [6.45, 7) is 0. The fourth-order valence-electron chi connectivity index (χ4n) is 3.86. The second-order valence-corrected chi connectivity index (χ2v) is 7.32. The normalized spacial score (nSPS) is 21.8. The number of halogens is 1. The van der Waals surface area contributed by atoms with Crippen LogP contribution in [0.3, 0.4) is 0 Å². The van der Waals surface area contributed by atoms with Gasteiger partial charge in [-0.2, -0.15) is 0 Å². The number of aromatic nitrogens is 2. The molecule has 0 aliphatic heterocycles. The Balaban J connectivity index is 1.57. The quantitative estimate of drug-likeness (QED) is 0.845. The first-order valence-corrected chi connectivity index (χ1v) is 9.30. The van der Waals surface area contributed by atoms with E-state index in [1.165, 1.54) is 5.56 Å². The first-order chi connectivity index (χ1) is 12.6. The molecule has 1 aromatic carbocycles. The number of carboxylic acids is 1. The Morgan fingerprint density at radius 2 is 2.12 bits per heavy atom. The number of carbonyl (C=O) groups is 1. The van der Waals surface area contributed by atoms with Crippen LogP contribution in [0.5, 0.6) is 0 Å². The van der Waals surface area contributed by atoms with Gasteiger partial charge in [0, 0.05) is 11.6 Å². The molecule has 1 aromatic heterocycles. The Labute approximate surface area is 157 Å². The van der Waals surface area contributed by atoms with E-state index in [0.717, 1.165) is 42.5 Å². The first-order valence-electron chi connectivity index (χ1n) is 8.92. The van der Waals surface area contributed by atoms with Crippen LogP contribution in [0, 0.1) is 5.92 Å². The number of hydrogen-bond donors (Lipinski definition) is 2. The zero-order valence-electron chi connectivity index (χ0n) is 14.3. The van der Waals surface area contributed by atoms with Crippen molar-refractivity contribution in [2.45, 2.75) is 38.1 Å². The third kappa shape index (κ3) is 3.31. The molecule has 2 atom stereocenters. The van der Waals surface area contributed by atoms with Gasteiger partial charge in [-0.15, -0.1) is 0 Å². The van der Waals surface area contributed by atoms with Crippen molar-refractivity contribution in [1.82, 2.24) is 9.97 Å². The number of allylic oxidation sites excluding steroid dienone is 1. The molecule has 2 N–H and O–H groups in total. The van der Waals surface area contributed by atoms with Gasteiger partial charge in [0.05, 0.1) is 22.8 Å². The van der Waals surface area contributed by atoms with Gasteiger partial charge >= 0.3 is 5.97 Å². The van der Waals surface area contributed by atoms with Crippen molar-refractivity contribution in [3.63, 3.8) is 0 Å². The number of fused-ring (bicyclic) bond motifs is 1. The molecule has 0 bridgehead atoms. The SMILES string of the molecule is O=C(O)[C@H]1CCC[C@@H](Nc2ncc(Cl)c(C3=CCc4ccccc43)n2)C1. The van der Waals surface area contributed by atoms with Crippen LogP contribution >= 0.6 is 11.6 Å². The smallest absolute Gasteiger partial charge is 0.306 e. The predicted molar refractivity (Wildman–Crippen MR) is 101 cm³/mol. The van der Waals surface area contributed by atoms with E-state index >= 15 is 0 Å². The number of nitrogens with one attached hydrogen (secondary N) is 1. The van der Waals surface area contributed by atoms with Gasteiger partial charge in [-0.05, 0) is 36.8 Å². The van der Waals surface area contributed by atoms with Crippen LogP contribution in [0.25, 0.3) is 5.57 Å². The van der Waals surface area contributed by atoms with Crippen molar-refractivity contribution in [1.29, 1.82) is 0 Å². The summed E-state index contributed by atoms with van der Waals surface area (Å²) >= 11 is 6.38. The molecule has 26 heavy (non-hydrogen) atoms. The lowest BCUT2D eigenvalue weighted by molar-refractivity contribution is -0.142. The van der Waals surface area contributed by atoms with Crippen molar-refractivity contribution in [3.05, 3.63) is 58.4 Å². The molecule has 2 aromatic rings. The van der Waals surface area contributed by atoms with Crippen LogP contribution in [0.4, 0.5) is 5.95 Å². The van der Waals surface area contributed by atoms with Gasteiger partial charge < -0.3 is 10.4 Å². The molecule has 5 nitrogen and oxygen atoms in total. The number of nitrogens with zero attached hydrogens (tertiary/aromatic N) is 2. The van der Waals surface area contributed by atoms with Crippen LogP contribution in [0.2, 0.25) is 5.02 Å². The van der Waals surface area contributed by atoms with Crippen LogP contribution in [-0.4, -0.2) is 27.1 Å². The average molecular weight is 370 g/mol. The molecule has 0 saturated heterocycles. The highest BCUT2D eigenvalue weighted by Crippen LogP contribution is 2.35. The van der Waals surface area contributed by atoms with E-state index < -0.39 is 5.97 Å². The fourth-order valence-corrected chi connectivity index (χ4v) is 4.05. The summed E-state index contributed by atoms with van der Waals surface area (Å²) in [7, 11) is 0. The fraction of sp³-hybridized carbons (Fsp3) is 0.350. The summed E-state index contributed by atoms with van der Waals surface area (Å²) in [5, 5.41) is 13.1. The third-order valence-electron chi connectivity index (χ3n) is 5.19. The van der Waals surface area contributed by atoms with E-state index in [9.17, 15) is 9.90 Å². The summed E-state index contributed by atoms with van der Waals surface area (Å²) in [5.41, 5.74) is 4.17. The van der Waals surface area contributed by atoms with Crippen LogP contribution < -0.4 is 5.32 Å². The molecule has 0 amide bonds. The highest BCUT2D eigenvalue weighted by atomic mass is 35.5. The summed E-state index contributed by atoms with van der Waals surface area (Å²) in [6.07, 6.45) is 7.79. The molecule has 0 spiro atoms. The molecule has 1 heterocycles. The van der Waals surface area contributed by atoms with Gasteiger partial charge in [0.1, 0.15) is 0 Å². The van der Waals surface area contributed by atoms with Crippen LogP contribution in [-0.2, 0) is 11.2 Å². The van der Waals surface area contributed by atoms with Gasteiger partial charge in [0.25, 0.3) is 0 Å². The van der Waals surface area contributed by atoms with Crippen molar-refractivity contribution < 1.29 is 9.90 Å². The second kappa shape index (κ2) is 7.08. The Hall–Kier alpha value is -2.40. The lowest BCUT2D eigenvalue weighted by atomic mass is 9.86. The van der Waals surface area contributed by atoms with E-state index in [-0.39, 0.29) is 12.0 Å². The molecule has 0 radical (unpaired) electrons. The van der Waals surface area contributed by atoms with Crippen LogP contribution in [0.15, 0.2) is 36.5 Å². The molecule has 1 saturated carbocycles. The summed E-state index contributed by atoms with van der Waals surface area (Å²) in [5.74, 6) is -0.509. The molecular formula is C20H20ClN3O2. The Morgan fingerprint density at radius 1 is 1.27 bits per heavy atom. The lowest BCUT2D eigenvalue weighted by Gasteiger charge is -2.27. The molecule has 1 fully saturated rings. The van der Waals surface area contributed by atoms with Gasteiger partial charge in [-0.25, -0.2) is 9.97 Å². The topological polar surface area (TPSA) is 75.1 Å². The molecule has 134 valence electrons. The van der Waals surface area contributed by atoms with Crippen molar-refractivity contribution in [2.75, 3.05) is 5.32 Å². The maximum Gasteiger partial charge on any atom is 0.306 e. The minimum absolute atomic E-state index is 0.0729. The largest absolute Gasteiger partial charge is 0.481 e. The van der Waals surface area contributed by atoms with Crippen molar-refractivity contribution in [2.24, 2.45) is 5.92 Å². The monoisotopic (exact) mass is 369 g/mol. The lowest BCUT2D eigenvalue weighted by Crippen LogP contribution is -2.31. The number of anilines is 1. The minimum Gasteiger partial charge on any atom is -0.481 e. The number of carboxylic acid groups (broad SMARTS) is 1. The molecule has 6 heteroatoms. The van der Waals surface area contributed by atoms with E-state index in [1.807, 2.05) is 12.1 Å². The maximum atomic E-state index is 11.3. The number of benzene rings is 1. The Kier molecular flexibility index (Phi) is 4.64. The summed E-state index contributed by atoms with van der Waals surface area (Å²) in [6, 6.07) is 8.31. The van der Waals surface area contributed by atoms with Crippen molar-refractivity contribution >= 4 is 29.1 Å². The van der Waals surface area contributed by atoms with Gasteiger partial charge in [0.15, 0.2) is 0 Å². The van der Waals surface area contributed by atoms with Crippen molar-refractivity contribution in [3.8, 4) is 0 Å². The summed E-state index contributed by atoms with van der Waals surface area (Å²) in [4.78, 5) is 20.2. The van der Waals surface area contributed by atoms with Crippen LogP contribution in [0.1, 0.15) is 42.5 Å². The van der Waals surface area contributed by atoms with E-state index in [4.69, 9.17) is 11.6 Å². The van der Waals surface area contributed by atoms with E-state index in [1.54, 1.807) is 6.20 Å². The molecule has 0 unspecified atom stereocenters. The average Bonchev–Trinajstić information content (AvgIpc) is 3.07. The molecular weight excluding hydrogens is 350 g/mol. The zero-order chi connectivity index (χ0) is 18.1. The van der Waals surface area contributed by atoms with Gasteiger partial charge in [0.2, 0.25) is 5.95 Å². The standard InChI is InChI=1S/C20H20ClN3O2/c21-17-11-22-20(23-14-6-3-5-13(10-14)19(25)26)24-18(17)16-9-8-12-4-1-2-7-15(12)16/h1-2,4,7,9,11,13-14H,3,5-6,8,10H2,(H,25,26)(H,22,23,24)/t13-,14+/m0/s1. The Bertz CT molecular complexity index is 881. The Morgan fingerprint density at radius 3 is 2.96 bits per heavy atom. The van der Waals surface area contributed by atoms with Gasteiger partial charge in [-0.1, -0.05) is 48.4 Å². The highest BCUT2D eigenvalue weighted by Gasteiger charge is 2.27. The third-order valence-corrected chi connectivity index (χ3v) is 5.47. The second-order valence-electron chi connectivity index (χ2n) is 6.91. The summed E-state index contributed by atoms with van der Waals surface area (Å²) < 4.78 is 0. The molecule has 2 aliphatic rings. The molecule has 4 rings (SSSR count). The van der Waals surface area contributed by atoms with E-state index in [0.29, 0.717) is 17.4 Å². The first kappa shape index (κ1) is 17.0. The zero-order valence-corrected chi connectivity index (χ0v) is 15.0. The number of rotatable bonds is 4. The number of hydrogen-bond acceptors (Lipinski definition) is 4. The highest BCUT2D eigenvalue weighted by molar-refractivity contribution is 6.32. The predicted octanol–water partition coefficient (Wildman–Crippen LogP) is 4.17. The number of aliphatic carboxylic acids is 1.